The van der Waals surface area contributed by atoms with Gasteiger partial charge in [0, 0.05) is 33.7 Å². The van der Waals surface area contributed by atoms with E-state index < -0.39 is 0 Å². The third kappa shape index (κ3) is 5.68. The lowest BCUT2D eigenvalue weighted by molar-refractivity contribution is -0.113. The number of anilines is 1. The van der Waals surface area contributed by atoms with Crippen molar-refractivity contribution in [1.29, 1.82) is 0 Å². The molecule has 0 fully saturated rings. The number of imidazole rings is 1. The maximum atomic E-state index is 12.6. The van der Waals surface area contributed by atoms with Gasteiger partial charge in [0.25, 0.3) is 0 Å². The molecule has 1 aromatic heterocycles. The second kappa shape index (κ2) is 10.6. The Labute approximate surface area is 206 Å². The zero-order valence-corrected chi connectivity index (χ0v) is 20.2. The highest BCUT2D eigenvalue weighted by Crippen LogP contribution is 2.29. The van der Waals surface area contributed by atoms with E-state index in [-0.39, 0.29) is 17.4 Å². The summed E-state index contributed by atoms with van der Waals surface area (Å²) < 4.78 is 7.21. The second-order valence-corrected chi connectivity index (χ2v) is 8.84. The van der Waals surface area contributed by atoms with Crippen molar-refractivity contribution in [3.8, 4) is 22.7 Å². The molecular weight excluding hydrogens is 470 g/mol. The Bertz CT molecular complexity index is 1320. The Hall–Kier alpha value is -3.55. The third-order valence-electron chi connectivity index (χ3n) is 5.05. The summed E-state index contributed by atoms with van der Waals surface area (Å²) >= 11 is 7.36. The highest BCUT2D eigenvalue weighted by molar-refractivity contribution is 7.99. The van der Waals surface area contributed by atoms with Crippen LogP contribution in [0.2, 0.25) is 5.02 Å². The summed E-state index contributed by atoms with van der Waals surface area (Å²) in [4.78, 5) is 29.0. The van der Waals surface area contributed by atoms with E-state index in [4.69, 9.17) is 21.3 Å². The van der Waals surface area contributed by atoms with Crippen LogP contribution in [-0.4, -0.2) is 34.1 Å². The summed E-state index contributed by atoms with van der Waals surface area (Å²) in [5.41, 5.74) is 3.71. The number of aromatic nitrogens is 2. The molecule has 3 aromatic carbocycles. The molecule has 0 bridgehead atoms. The number of Topliss-reactive ketones (excluding diaryl/α,β-unsaturated/α-hetero) is 1. The van der Waals surface area contributed by atoms with E-state index in [1.807, 2.05) is 59.3 Å². The molecule has 0 aliphatic carbocycles. The molecule has 0 unspecified atom stereocenters. The number of nitrogens with zero attached hydrogens (tertiary/aromatic N) is 2. The number of carbonyl (C=O) groups excluding carboxylic acids is 2. The molecule has 0 atom stereocenters. The van der Waals surface area contributed by atoms with Crippen molar-refractivity contribution in [2.24, 2.45) is 0 Å². The second-order valence-electron chi connectivity index (χ2n) is 7.46. The first-order valence-electron chi connectivity index (χ1n) is 10.5. The number of hydrogen-bond acceptors (Lipinski definition) is 5. The SMILES string of the molecule is COc1ccc(-n2cc(-c3ccc(Cl)cc3)nc2SCC(=O)Nc2cccc(C(C)=O)c2)cc1. The summed E-state index contributed by atoms with van der Waals surface area (Å²) in [7, 11) is 1.62. The normalized spacial score (nSPS) is 10.7. The van der Waals surface area contributed by atoms with Crippen molar-refractivity contribution >= 4 is 40.7 Å². The molecule has 0 saturated carbocycles. The molecule has 172 valence electrons. The molecule has 8 heteroatoms. The van der Waals surface area contributed by atoms with Gasteiger partial charge in [0.15, 0.2) is 10.9 Å². The first-order chi connectivity index (χ1) is 16.4. The number of amides is 1. The van der Waals surface area contributed by atoms with Crippen LogP contribution in [-0.2, 0) is 4.79 Å². The third-order valence-corrected chi connectivity index (χ3v) is 6.25. The monoisotopic (exact) mass is 491 g/mol. The summed E-state index contributed by atoms with van der Waals surface area (Å²) in [6.07, 6.45) is 1.93. The molecule has 0 spiro atoms. The van der Waals surface area contributed by atoms with Crippen LogP contribution in [0.4, 0.5) is 5.69 Å². The van der Waals surface area contributed by atoms with Crippen LogP contribution < -0.4 is 10.1 Å². The number of ketones is 1. The predicted molar refractivity (Wildman–Crippen MR) is 136 cm³/mol. The maximum absolute atomic E-state index is 12.6. The van der Waals surface area contributed by atoms with Crippen LogP contribution in [0, 0.1) is 0 Å². The van der Waals surface area contributed by atoms with Crippen LogP contribution in [0.1, 0.15) is 17.3 Å². The maximum Gasteiger partial charge on any atom is 0.234 e. The van der Waals surface area contributed by atoms with Crippen LogP contribution >= 0.6 is 23.4 Å². The Morgan fingerprint density at radius 3 is 2.47 bits per heavy atom. The summed E-state index contributed by atoms with van der Waals surface area (Å²) in [5.74, 6) is 0.658. The molecule has 6 nitrogen and oxygen atoms in total. The summed E-state index contributed by atoms with van der Waals surface area (Å²) in [6.45, 7) is 1.49. The van der Waals surface area contributed by atoms with E-state index in [2.05, 4.69) is 5.32 Å². The van der Waals surface area contributed by atoms with E-state index in [1.165, 1.54) is 18.7 Å². The molecule has 4 aromatic rings. The lowest BCUT2D eigenvalue weighted by Gasteiger charge is -2.09. The highest BCUT2D eigenvalue weighted by Gasteiger charge is 2.14. The minimum Gasteiger partial charge on any atom is -0.497 e. The molecule has 34 heavy (non-hydrogen) atoms. The van der Waals surface area contributed by atoms with Crippen LogP contribution in [0.25, 0.3) is 16.9 Å². The fourth-order valence-electron chi connectivity index (χ4n) is 3.30. The average molecular weight is 492 g/mol. The van der Waals surface area contributed by atoms with Gasteiger partial charge in [0.1, 0.15) is 5.75 Å². The largest absolute Gasteiger partial charge is 0.497 e. The standard InChI is InChI=1S/C26H22ClN3O3S/c1-17(31)19-4-3-5-21(14-19)28-25(32)16-34-26-29-24(18-6-8-20(27)9-7-18)15-30(26)22-10-12-23(33-2)13-11-22/h3-15H,16H2,1-2H3,(H,28,32). The predicted octanol–water partition coefficient (Wildman–Crippen LogP) is 6.13. The smallest absolute Gasteiger partial charge is 0.234 e. The van der Waals surface area contributed by atoms with Crippen molar-refractivity contribution in [2.75, 3.05) is 18.2 Å². The highest BCUT2D eigenvalue weighted by atomic mass is 35.5. The van der Waals surface area contributed by atoms with Crippen molar-refractivity contribution in [3.63, 3.8) is 0 Å². The zero-order chi connectivity index (χ0) is 24.1. The van der Waals surface area contributed by atoms with Crippen molar-refractivity contribution in [3.05, 3.63) is 89.6 Å². The van der Waals surface area contributed by atoms with Gasteiger partial charge in [-0.2, -0.15) is 0 Å². The number of methoxy groups -OCH3 is 1. The first kappa shape index (κ1) is 23.6. The number of hydrogen-bond donors (Lipinski definition) is 1. The minimum atomic E-state index is -0.192. The Morgan fingerprint density at radius 1 is 1.06 bits per heavy atom. The van der Waals surface area contributed by atoms with Gasteiger partial charge < -0.3 is 10.1 Å². The van der Waals surface area contributed by atoms with Gasteiger partial charge in [-0.25, -0.2) is 4.98 Å². The van der Waals surface area contributed by atoms with E-state index >= 15 is 0 Å². The number of thioether (sulfide) groups is 1. The van der Waals surface area contributed by atoms with Gasteiger partial charge in [-0.1, -0.05) is 47.6 Å². The van der Waals surface area contributed by atoms with E-state index in [1.54, 1.807) is 31.4 Å². The van der Waals surface area contributed by atoms with Crippen molar-refractivity contribution in [1.82, 2.24) is 9.55 Å². The number of ether oxygens (including phenoxy) is 1. The zero-order valence-electron chi connectivity index (χ0n) is 18.6. The Balaban J connectivity index is 1.56. The van der Waals surface area contributed by atoms with Crippen molar-refractivity contribution < 1.29 is 14.3 Å². The van der Waals surface area contributed by atoms with E-state index in [0.29, 0.717) is 21.4 Å². The minimum absolute atomic E-state index is 0.0540. The molecule has 0 aliphatic heterocycles. The fraction of sp³-hybridized carbons (Fsp3) is 0.115. The topological polar surface area (TPSA) is 73.2 Å². The molecular formula is C26H22ClN3O3S. The van der Waals surface area contributed by atoms with Crippen LogP contribution in [0.5, 0.6) is 5.75 Å². The lowest BCUT2D eigenvalue weighted by Crippen LogP contribution is -2.14. The van der Waals surface area contributed by atoms with Gasteiger partial charge in [-0.15, -0.1) is 0 Å². The quantitative estimate of drug-likeness (QED) is 0.237. The van der Waals surface area contributed by atoms with Crippen molar-refractivity contribution in [2.45, 2.75) is 12.1 Å². The summed E-state index contributed by atoms with van der Waals surface area (Å²) in [6, 6.07) is 22.0. The summed E-state index contributed by atoms with van der Waals surface area (Å²) in [5, 5.41) is 4.17. The lowest BCUT2D eigenvalue weighted by atomic mass is 10.1. The molecule has 0 radical (unpaired) electrons. The first-order valence-corrected chi connectivity index (χ1v) is 11.8. The number of benzene rings is 3. The van der Waals surface area contributed by atoms with E-state index in [0.717, 1.165) is 22.7 Å². The average Bonchev–Trinajstić information content (AvgIpc) is 3.27. The van der Waals surface area contributed by atoms with Crippen LogP contribution in [0.3, 0.4) is 0 Å². The molecule has 4 rings (SSSR count). The van der Waals surface area contributed by atoms with Gasteiger partial charge >= 0.3 is 0 Å². The molecule has 1 amide bonds. The molecule has 0 aliphatic rings. The van der Waals surface area contributed by atoms with Crippen LogP contribution in [0.15, 0.2) is 84.1 Å². The molecule has 1 heterocycles. The van der Waals surface area contributed by atoms with Gasteiger partial charge in [0.05, 0.1) is 18.6 Å². The number of carbonyl (C=O) groups is 2. The number of rotatable bonds is 8. The molecule has 0 saturated heterocycles. The number of halogens is 1. The van der Waals surface area contributed by atoms with Gasteiger partial charge in [-0.3, -0.25) is 14.2 Å². The molecule has 1 N–H and O–H groups in total. The Morgan fingerprint density at radius 2 is 1.79 bits per heavy atom. The van der Waals surface area contributed by atoms with Gasteiger partial charge in [0.2, 0.25) is 5.91 Å². The van der Waals surface area contributed by atoms with Gasteiger partial charge in [-0.05, 0) is 55.5 Å². The Kier molecular flexibility index (Phi) is 7.35. The fourth-order valence-corrected chi connectivity index (χ4v) is 4.21. The van der Waals surface area contributed by atoms with E-state index in [9.17, 15) is 9.59 Å². The number of nitrogens with one attached hydrogen (secondary N) is 1.